The van der Waals surface area contributed by atoms with Crippen molar-refractivity contribution in [1.82, 2.24) is 10.6 Å². The smallest absolute Gasteiger partial charge is 0.0483 e. The SMILES string of the molecule is CC(C)NCCCNC1(C)CCOCC1. The minimum atomic E-state index is 0.316. The summed E-state index contributed by atoms with van der Waals surface area (Å²) in [7, 11) is 0. The Kier molecular flexibility index (Phi) is 5.58. The number of rotatable bonds is 6. The first-order valence-electron chi connectivity index (χ1n) is 6.18. The van der Waals surface area contributed by atoms with Crippen molar-refractivity contribution in [3.8, 4) is 0 Å². The first-order valence-corrected chi connectivity index (χ1v) is 6.18. The Hall–Kier alpha value is -0.120. The number of hydrogen-bond donors (Lipinski definition) is 2. The van der Waals surface area contributed by atoms with Crippen LogP contribution in [0.2, 0.25) is 0 Å². The second-order valence-electron chi connectivity index (χ2n) is 5.06. The Morgan fingerprint density at radius 1 is 1.20 bits per heavy atom. The van der Waals surface area contributed by atoms with E-state index in [1.165, 1.54) is 6.42 Å². The third-order valence-electron chi connectivity index (χ3n) is 3.05. The van der Waals surface area contributed by atoms with E-state index in [0.717, 1.165) is 39.1 Å². The maximum atomic E-state index is 5.37. The molecule has 1 saturated heterocycles. The van der Waals surface area contributed by atoms with Gasteiger partial charge in [-0.25, -0.2) is 0 Å². The molecule has 0 bridgehead atoms. The summed E-state index contributed by atoms with van der Waals surface area (Å²) in [6.07, 6.45) is 3.49. The van der Waals surface area contributed by atoms with Gasteiger partial charge in [0.15, 0.2) is 0 Å². The first kappa shape index (κ1) is 12.9. The van der Waals surface area contributed by atoms with Gasteiger partial charge < -0.3 is 15.4 Å². The van der Waals surface area contributed by atoms with Crippen molar-refractivity contribution in [2.24, 2.45) is 0 Å². The van der Waals surface area contributed by atoms with Crippen molar-refractivity contribution >= 4 is 0 Å². The minimum absolute atomic E-state index is 0.316. The van der Waals surface area contributed by atoms with E-state index >= 15 is 0 Å². The van der Waals surface area contributed by atoms with Crippen molar-refractivity contribution in [3.05, 3.63) is 0 Å². The predicted octanol–water partition coefficient (Wildman–Crippen LogP) is 1.53. The summed E-state index contributed by atoms with van der Waals surface area (Å²) < 4.78 is 5.37. The summed E-state index contributed by atoms with van der Waals surface area (Å²) in [5, 5.41) is 7.08. The van der Waals surface area contributed by atoms with Crippen LogP contribution in [0, 0.1) is 0 Å². The summed E-state index contributed by atoms with van der Waals surface area (Å²) in [5.41, 5.74) is 0.316. The van der Waals surface area contributed by atoms with Gasteiger partial charge >= 0.3 is 0 Å². The zero-order valence-corrected chi connectivity index (χ0v) is 10.4. The molecular formula is C12H26N2O. The molecule has 0 radical (unpaired) electrons. The van der Waals surface area contributed by atoms with Gasteiger partial charge in [-0.05, 0) is 39.3 Å². The highest BCUT2D eigenvalue weighted by molar-refractivity contribution is 4.85. The second-order valence-corrected chi connectivity index (χ2v) is 5.06. The Balaban J connectivity index is 2.03. The van der Waals surface area contributed by atoms with Crippen LogP contribution in [-0.4, -0.2) is 37.9 Å². The van der Waals surface area contributed by atoms with E-state index in [-0.39, 0.29) is 0 Å². The molecule has 1 aliphatic rings. The van der Waals surface area contributed by atoms with Gasteiger partial charge in [0.2, 0.25) is 0 Å². The highest BCUT2D eigenvalue weighted by atomic mass is 16.5. The molecule has 15 heavy (non-hydrogen) atoms. The van der Waals surface area contributed by atoms with Crippen LogP contribution < -0.4 is 10.6 Å². The van der Waals surface area contributed by atoms with Crippen molar-refractivity contribution in [1.29, 1.82) is 0 Å². The third kappa shape index (κ3) is 5.50. The summed E-state index contributed by atoms with van der Waals surface area (Å²) in [6, 6.07) is 0.601. The summed E-state index contributed by atoms with van der Waals surface area (Å²) in [4.78, 5) is 0. The van der Waals surface area contributed by atoms with Crippen LogP contribution in [0.4, 0.5) is 0 Å². The maximum absolute atomic E-state index is 5.37. The van der Waals surface area contributed by atoms with Crippen LogP contribution in [0.15, 0.2) is 0 Å². The molecule has 0 amide bonds. The number of nitrogens with one attached hydrogen (secondary N) is 2. The van der Waals surface area contributed by atoms with Gasteiger partial charge in [-0.3, -0.25) is 0 Å². The van der Waals surface area contributed by atoms with Crippen LogP contribution in [-0.2, 0) is 4.74 Å². The van der Waals surface area contributed by atoms with E-state index in [1.54, 1.807) is 0 Å². The maximum Gasteiger partial charge on any atom is 0.0483 e. The highest BCUT2D eigenvalue weighted by Crippen LogP contribution is 2.19. The molecule has 0 saturated carbocycles. The van der Waals surface area contributed by atoms with Crippen LogP contribution >= 0.6 is 0 Å². The number of ether oxygens (including phenoxy) is 1. The molecule has 1 rings (SSSR count). The van der Waals surface area contributed by atoms with Crippen molar-refractivity contribution in [2.45, 2.75) is 51.6 Å². The average Bonchev–Trinajstić information content (AvgIpc) is 2.17. The van der Waals surface area contributed by atoms with E-state index in [9.17, 15) is 0 Å². The molecule has 2 N–H and O–H groups in total. The molecule has 0 atom stereocenters. The quantitative estimate of drug-likeness (QED) is 0.658. The lowest BCUT2D eigenvalue weighted by Gasteiger charge is -2.34. The van der Waals surface area contributed by atoms with Crippen molar-refractivity contribution in [2.75, 3.05) is 26.3 Å². The van der Waals surface area contributed by atoms with Crippen LogP contribution in [0.5, 0.6) is 0 Å². The van der Waals surface area contributed by atoms with Crippen LogP contribution in [0.25, 0.3) is 0 Å². The number of hydrogen-bond acceptors (Lipinski definition) is 3. The summed E-state index contributed by atoms with van der Waals surface area (Å²) in [5.74, 6) is 0. The fourth-order valence-electron chi connectivity index (χ4n) is 1.87. The van der Waals surface area contributed by atoms with Crippen LogP contribution in [0.1, 0.15) is 40.0 Å². The van der Waals surface area contributed by atoms with E-state index in [1.807, 2.05) is 0 Å². The fraction of sp³-hybridized carbons (Fsp3) is 1.00. The lowest BCUT2D eigenvalue weighted by Crippen LogP contribution is -2.47. The topological polar surface area (TPSA) is 33.3 Å². The fourth-order valence-corrected chi connectivity index (χ4v) is 1.87. The lowest BCUT2D eigenvalue weighted by atomic mass is 9.92. The zero-order valence-electron chi connectivity index (χ0n) is 10.4. The molecular weight excluding hydrogens is 188 g/mol. The lowest BCUT2D eigenvalue weighted by molar-refractivity contribution is 0.0453. The standard InChI is InChI=1S/C12H26N2O/c1-11(2)13-7-4-8-14-12(3)5-9-15-10-6-12/h11,13-14H,4-10H2,1-3H3. The normalized spacial score (nSPS) is 20.8. The first-order chi connectivity index (χ1) is 7.12. The molecule has 0 aliphatic carbocycles. The molecule has 1 aliphatic heterocycles. The van der Waals surface area contributed by atoms with Gasteiger partial charge in [-0.15, -0.1) is 0 Å². The average molecular weight is 214 g/mol. The van der Waals surface area contributed by atoms with Gasteiger partial charge in [-0.1, -0.05) is 13.8 Å². The third-order valence-corrected chi connectivity index (χ3v) is 3.05. The van der Waals surface area contributed by atoms with Crippen molar-refractivity contribution in [3.63, 3.8) is 0 Å². The predicted molar refractivity (Wildman–Crippen MR) is 64.2 cm³/mol. The summed E-state index contributed by atoms with van der Waals surface area (Å²) in [6.45, 7) is 10.7. The van der Waals surface area contributed by atoms with E-state index < -0.39 is 0 Å². The Morgan fingerprint density at radius 3 is 2.47 bits per heavy atom. The molecule has 1 heterocycles. The molecule has 0 unspecified atom stereocenters. The highest BCUT2D eigenvalue weighted by Gasteiger charge is 2.25. The zero-order chi connectivity index (χ0) is 11.1. The van der Waals surface area contributed by atoms with E-state index in [4.69, 9.17) is 4.74 Å². The monoisotopic (exact) mass is 214 g/mol. The van der Waals surface area contributed by atoms with Gasteiger partial charge in [0.25, 0.3) is 0 Å². The molecule has 1 fully saturated rings. The Morgan fingerprint density at radius 2 is 1.87 bits per heavy atom. The van der Waals surface area contributed by atoms with E-state index in [2.05, 4.69) is 31.4 Å². The minimum Gasteiger partial charge on any atom is -0.381 e. The molecule has 3 heteroatoms. The molecule has 3 nitrogen and oxygen atoms in total. The van der Waals surface area contributed by atoms with Gasteiger partial charge in [-0.2, -0.15) is 0 Å². The molecule has 90 valence electrons. The Bertz CT molecular complexity index is 165. The molecule has 0 aromatic carbocycles. The molecule has 0 spiro atoms. The molecule has 0 aromatic rings. The van der Waals surface area contributed by atoms with Crippen LogP contribution in [0.3, 0.4) is 0 Å². The van der Waals surface area contributed by atoms with Gasteiger partial charge in [0.1, 0.15) is 0 Å². The molecule has 0 aromatic heterocycles. The Labute approximate surface area is 94.0 Å². The van der Waals surface area contributed by atoms with Gasteiger partial charge in [0, 0.05) is 24.8 Å². The second kappa shape index (κ2) is 6.46. The van der Waals surface area contributed by atoms with Crippen molar-refractivity contribution < 1.29 is 4.74 Å². The largest absolute Gasteiger partial charge is 0.381 e. The summed E-state index contributed by atoms with van der Waals surface area (Å²) >= 11 is 0. The van der Waals surface area contributed by atoms with E-state index in [0.29, 0.717) is 11.6 Å². The van der Waals surface area contributed by atoms with Gasteiger partial charge in [0.05, 0.1) is 0 Å².